The zero-order chi connectivity index (χ0) is 11.5. The third-order valence-corrected chi connectivity index (χ3v) is 3.48. The van der Waals surface area contributed by atoms with Gasteiger partial charge in [-0.2, -0.15) is 0 Å². The Morgan fingerprint density at radius 3 is 2.94 bits per heavy atom. The Morgan fingerprint density at radius 2 is 2.31 bits per heavy atom. The van der Waals surface area contributed by atoms with Crippen LogP contribution < -0.4 is 5.32 Å². The summed E-state index contributed by atoms with van der Waals surface area (Å²) in [6.07, 6.45) is 4.37. The summed E-state index contributed by atoms with van der Waals surface area (Å²) in [5, 5.41) is 3.39. The number of aromatic nitrogens is 2. The Kier molecular flexibility index (Phi) is 3.39. The van der Waals surface area contributed by atoms with E-state index in [0.29, 0.717) is 12.1 Å². The van der Waals surface area contributed by atoms with Gasteiger partial charge in [0.25, 0.3) is 0 Å². The van der Waals surface area contributed by atoms with Crippen molar-refractivity contribution in [1.29, 1.82) is 0 Å². The molecule has 16 heavy (non-hydrogen) atoms. The lowest BCUT2D eigenvalue weighted by Crippen LogP contribution is -2.35. The molecule has 2 rings (SSSR count). The van der Waals surface area contributed by atoms with Crippen LogP contribution in [0.5, 0.6) is 0 Å². The average Bonchev–Trinajstić information content (AvgIpc) is 2.57. The van der Waals surface area contributed by atoms with E-state index in [1.54, 1.807) is 6.20 Å². The maximum absolute atomic E-state index is 4.34. The van der Waals surface area contributed by atoms with Gasteiger partial charge in [0.2, 0.25) is 0 Å². The van der Waals surface area contributed by atoms with Crippen LogP contribution >= 0.6 is 0 Å². The molecule has 0 spiro atoms. The standard InChI is InChI=1S/C12H20N4/c1-9-4-5-11(16(9)3)8-14-12-6-7-13-10(2)15-12/h6-7,9,11H,4-5,8H2,1-3H3,(H,13,14,15)/t9-,11-/m0/s1. The molecular formula is C12H20N4. The molecule has 4 heteroatoms. The molecule has 1 aliphatic heterocycles. The minimum atomic E-state index is 0.630. The third kappa shape index (κ3) is 2.50. The molecule has 1 N–H and O–H groups in total. The van der Waals surface area contributed by atoms with Crippen LogP contribution in [0.15, 0.2) is 12.3 Å². The maximum atomic E-state index is 4.34. The molecule has 0 unspecified atom stereocenters. The first kappa shape index (κ1) is 11.3. The van der Waals surface area contributed by atoms with Crippen molar-refractivity contribution in [2.75, 3.05) is 18.9 Å². The van der Waals surface area contributed by atoms with E-state index in [1.165, 1.54) is 12.8 Å². The molecule has 1 aromatic heterocycles. The van der Waals surface area contributed by atoms with E-state index in [1.807, 2.05) is 13.0 Å². The third-order valence-electron chi connectivity index (χ3n) is 3.48. The fourth-order valence-corrected chi connectivity index (χ4v) is 2.22. The first-order valence-corrected chi connectivity index (χ1v) is 5.92. The second-order valence-corrected chi connectivity index (χ2v) is 4.62. The number of hydrogen-bond acceptors (Lipinski definition) is 4. The highest BCUT2D eigenvalue weighted by Crippen LogP contribution is 2.21. The molecule has 4 nitrogen and oxygen atoms in total. The summed E-state index contributed by atoms with van der Waals surface area (Å²) in [5.41, 5.74) is 0. The molecule has 1 aliphatic rings. The Balaban J connectivity index is 1.88. The Labute approximate surface area is 97.1 Å². The van der Waals surface area contributed by atoms with Gasteiger partial charge in [0.15, 0.2) is 0 Å². The number of rotatable bonds is 3. The molecule has 2 atom stereocenters. The maximum Gasteiger partial charge on any atom is 0.129 e. The SMILES string of the molecule is Cc1nccc(NC[C@@H]2CC[C@H](C)N2C)n1. The summed E-state index contributed by atoms with van der Waals surface area (Å²) >= 11 is 0. The van der Waals surface area contributed by atoms with Crippen molar-refractivity contribution in [3.63, 3.8) is 0 Å². The van der Waals surface area contributed by atoms with Crippen molar-refractivity contribution >= 4 is 5.82 Å². The van der Waals surface area contributed by atoms with Gasteiger partial charge in [-0.25, -0.2) is 9.97 Å². The van der Waals surface area contributed by atoms with Crippen molar-refractivity contribution in [1.82, 2.24) is 14.9 Å². The van der Waals surface area contributed by atoms with Gasteiger partial charge in [0.1, 0.15) is 11.6 Å². The minimum Gasteiger partial charge on any atom is -0.368 e. The van der Waals surface area contributed by atoms with E-state index in [2.05, 4.69) is 34.2 Å². The van der Waals surface area contributed by atoms with Gasteiger partial charge < -0.3 is 5.32 Å². The topological polar surface area (TPSA) is 41.1 Å². The second-order valence-electron chi connectivity index (χ2n) is 4.62. The van der Waals surface area contributed by atoms with Crippen LogP contribution in [0.2, 0.25) is 0 Å². The molecule has 0 saturated carbocycles. The quantitative estimate of drug-likeness (QED) is 0.841. The predicted octanol–water partition coefficient (Wildman–Crippen LogP) is 1.68. The number of anilines is 1. The molecule has 2 heterocycles. The zero-order valence-corrected chi connectivity index (χ0v) is 10.3. The van der Waals surface area contributed by atoms with Crippen LogP contribution in [-0.4, -0.2) is 40.5 Å². The molecule has 0 radical (unpaired) electrons. The smallest absolute Gasteiger partial charge is 0.129 e. The van der Waals surface area contributed by atoms with Gasteiger partial charge >= 0.3 is 0 Å². The van der Waals surface area contributed by atoms with E-state index in [9.17, 15) is 0 Å². The van der Waals surface area contributed by atoms with Crippen molar-refractivity contribution in [2.24, 2.45) is 0 Å². The molecule has 1 saturated heterocycles. The lowest BCUT2D eigenvalue weighted by Gasteiger charge is -2.23. The van der Waals surface area contributed by atoms with E-state index in [4.69, 9.17) is 0 Å². The highest BCUT2D eigenvalue weighted by Gasteiger charge is 2.26. The average molecular weight is 220 g/mol. The van der Waals surface area contributed by atoms with E-state index >= 15 is 0 Å². The largest absolute Gasteiger partial charge is 0.368 e. The predicted molar refractivity (Wildman–Crippen MR) is 65.5 cm³/mol. The molecule has 0 bridgehead atoms. The van der Waals surface area contributed by atoms with Crippen LogP contribution in [0.25, 0.3) is 0 Å². The number of hydrogen-bond donors (Lipinski definition) is 1. The summed E-state index contributed by atoms with van der Waals surface area (Å²) in [5.74, 6) is 1.75. The molecule has 88 valence electrons. The summed E-state index contributed by atoms with van der Waals surface area (Å²) in [4.78, 5) is 10.9. The van der Waals surface area contributed by atoms with E-state index in [0.717, 1.165) is 18.2 Å². The molecule has 0 aliphatic carbocycles. The van der Waals surface area contributed by atoms with Crippen molar-refractivity contribution < 1.29 is 0 Å². The molecule has 0 amide bonds. The lowest BCUT2D eigenvalue weighted by atomic mass is 10.2. The number of likely N-dealkylation sites (tertiary alicyclic amines) is 1. The number of nitrogens with one attached hydrogen (secondary N) is 1. The summed E-state index contributed by atoms with van der Waals surface area (Å²) in [6.45, 7) is 5.17. The fraction of sp³-hybridized carbons (Fsp3) is 0.667. The minimum absolute atomic E-state index is 0.630. The van der Waals surface area contributed by atoms with Crippen LogP contribution in [-0.2, 0) is 0 Å². The van der Waals surface area contributed by atoms with Gasteiger partial charge in [-0.1, -0.05) is 0 Å². The highest BCUT2D eigenvalue weighted by atomic mass is 15.2. The van der Waals surface area contributed by atoms with Gasteiger partial charge in [0, 0.05) is 24.8 Å². The van der Waals surface area contributed by atoms with Crippen molar-refractivity contribution in [2.45, 2.75) is 38.8 Å². The molecular weight excluding hydrogens is 200 g/mol. The zero-order valence-electron chi connectivity index (χ0n) is 10.3. The van der Waals surface area contributed by atoms with Gasteiger partial charge in [-0.05, 0) is 39.8 Å². The summed E-state index contributed by atoms with van der Waals surface area (Å²) in [7, 11) is 2.20. The Bertz CT molecular complexity index is 353. The molecule has 0 aromatic carbocycles. The Morgan fingerprint density at radius 1 is 1.50 bits per heavy atom. The number of nitrogens with zero attached hydrogens (tertiary/aromatic N) is 3. The molecule has 1 fully saturated rings. The number of likely N-dealkylation sites (N-methyl/N-ethyl adjacent to an activating group) is 1. The Hall–Kier alpha value is -1.16. The number of aryl methyl sites for hydroxylation is 1. The second kappa shape index (κ2) is 4.78. The monoisotopic (exact) mass is 220 g/mol. The van der Waals surface area contributed by atoms with Gasteiger partial charge in [0.05, 0.1) is 0 Å². The normalized spacial score (nSPS) is 25.9. The summed E-state index contributed by atoms with van der Waals surface area (Å²) in [6, 6.07) is 3.26. The van der Waals surface area contributed by atoms with Gasteiger partial charge in [-0.15, -0.1) is 0 Å². The van der Waals surface area contributed by atoms with Crippen LogP contribution in [0.4, 0.5) is 5.82 Å². The molecule has 1 aromatic rings. The van der Waals surface area contributed by atoms with Crippen LogP contribution in [0.1, 0.15) is 25.6 Å². The van der Waals surface area contributed by atoms with Crippen molar-refractivity contribution in [3.8, 4) is 0 Å². The van der Waals surface area contributed by atoms with Crippen molar-refractivity contribution in [3.05, 3.63) is 18.1 Å². The van der Waals surface area contributed by atoms with E-state index < -0.39 is 0 Å². The van der Waals surface area contributed by atoms with Crippen LogP contribution in [0, 0.1) is 6.92 Å². The summed E-state index contributed by atoms with van der Waals surface area (Å²) < 4.78 is 0. The highest BCUT2D eigenvalue weighted by molar-refractivity contribution is 5.33. The van der Waals surface area contributed by atoms with E-state index in [-0.39, 0.29) is 0 Å². The lowest BCUT2D eigenvalue weighted by molar-refractivity contribution is 0.261. The first-order valence-electron chi connectivity index (χ1n) is 5.92. The van der Waals surface area contributed by atoms with Crippen LogP contribution in [0.3, 0.4) is 0 Å². The van der Waals surface area contributed by atoms with Gasteiger partial charge in [-0.3, -0.25) is 4.90 Å². The fourth-order valence-electron chi connectivity index (χ4n) is 2.22. The first-order chi connectivity index (χ1) is 7.66.